The van der Waals surface area contributed by atoms with E-state index in [1.807, 2.05) is 6.92 Å². The molecule has 0 saturated heterocycles. The molecule has 3 aromatic rings. The molecule has 1 atom stereocenters. The van der Waals surface area contributed by atoms with Gasteiger partial charge in [0, 0.05) is 42.1 Å². The lowest BCUT2D eigenvalue weighted by atomic mass is 9.95. The number of pyridine rings is 1. The highest BCUT2D eigenvalue weighted by Gasteiger charge is 2.11. The summed E-state index contributed by atoms with van der Waals surface area (Å²) in [5.74, 6) is -0.130. The van der Waals surface area contributed by atoms with Crippen LogP contribution >= 0.6 is 0 Å². The van der Waals surface area contributed by atoms with Gasteiger partial charge in [0.05, 0.1) is 5.69 Å². The highest BCUT2D eigenvalue weighted by molar-refractivity contribution is 5.87. The largest absolute Gasteiger partial charge is 0.351 e. The number of aromatic nitrogens is 3. The number of carbonyl (C=O) groups is 1. The highest BCUT2D eigenvalue weighted by atomic mass is 19.1. The summed E-state index contributed by atoms with van der Waals surface area (Å²) in [5.41, 5.74) is 9.18. The number of carbonyl (C=O) groups excluding carboxylic acids is 1. The van der Waals surface area contributed by atoms with Crippen molar-refractivity contribution in [1.82, 2.24) is 15.0 Å². The van der Waals surface area contributed by atoms with Crippen LogP contribution in [0.4, 0.5) is 14.9 Å². The minimum atomic E-state index is -0.635. The number of anilines is 1. The summed E-state index contributed by atoms with van der Waals surface area (Å²) < 4.78 is 13.1. The van der Waals surface area contributed by atoms with E-state index >= 15 is 0 Å². The van der Waals surface area contributed by atoms with Crippen molar-refractivity contribution in [3.63, 3.8) is 0 Å². The number of nitrogens with one attached hydrogen (secondary N) is 1. The van der Waals surface area contributed by atoms with Crippen molar-refractivity contribution in [2.45, 2.75) is 25.7 Å². The summed E-state index contributed by atoms with van der Waals surface area (Å²) in [5, 5.41) is 2.61. The van der Waals surface area contributed by atoms with Crippen LogP contribution in [-0.2, 0) is 12.8 Å². The second kappa shape index (κ2) is 8.35. The Morgan fingerprint density at radius 3 is 2.56 bits per heavy atom. The fourth-order valence-corrected chi connectivity index (χ4v) is 2.89. The topological polar surface area (TPSA) is 93.8 Å². The molecule has 0 aliphatic carbocycles. The van der Waals surface area contributed by atoms with Gasteiger partial charge in [0.15, 0.2) is 0 Å². The zero-order valence-electron chi connectivity index (χ0n) is 14.9. The van der Waals surface area contributed by atoms with Crippen LogP contribution in [0.5, 0.6) is 0 Å². The highest BCUT2D eigenvalue weighted by Crippen LogP contribution is 2.22. The molecule has 0 radical (unpaired) electrons. The maximum Gasteiger partial charge on any atom is 0.316 e. The third-order valence-electron chi connectivity index (χ3n) is 4.13. The minimum absolute atomic E-state index is 0.131. The predicted octanol–water partition coefficient (Wildman–Crippen LogP) is 3.44. The number of hydrogen-bond donors (Lipinski definition) is 2. The number of halogens is 1. The summed E-state index contributed by atoms with van der Waals surface area (Å²) in [4.78, 5) is 24.3. The maximum absolute atomic E-state index is 13.1. The SMILES string of the molecule is C[C@H](Cc1cc(NC(N)=O)cc(Cc2cnccn2)n1)c1ccc(F)cc1. The molecular weight excluding hydrogens is 345 g/mol. The van der Waals surface area contributed by atoms with Crippen LogP contribution in [0.15, 0.2) is 55.0 Å². The first kappa shape index (κ1) is 18.4. The summed E-state index contributed by atoms with van der Waals surface area (Å²) in [6.45, 7) is 2.05. The summed E-state index contributed by atoms with van der Waals surface area (Å²) >= 11 is 0. The van der Waals surface area contributed by atoms with Gasteiger partial charge in [-0.15, -0.1) is 0 Å². The normalized spacial score (nSPS) is 11.8. The number of hydrogen-bond acceptors (Lipinski definition) is 4. The molecule has 0 bridgehead atoms. The molecule has 6 nitrogen and oxygen atoms in total. The molecule has 7 heteroatoms. The Morgan fingerprint density at radius 1 is 1.15 bits per heavy atom. The van der Waals surface area contributed by atoms with Gasteiger partial charge < -0.3 is 11.1 Å². The summed E-state index contributed by atoms with van der Waals surface area (Å²) in [7, 11) is 0. The Balaban J connectivity index is 1.85. The first-order valence-corrected chi connectivity index (χ1v) is 8.56. The van der Waals surface area contributed by atoms with Crippen molar-refractivity contribution in [3.05, 3.63) is 83.5 Å². The third kappa shape index (κ3) is 5.31. The molecular formula is C20H20FN5O. The molecule has 1 aromatic carbocycles. The van der Waals surface area contributed by atoms with Gasteiger partial charge in [0.2, 0.25) is 0 Å². The van der Waals surface area contributed by atoms with E-state index in [4.69, 9.17) is 5.73 Å². The lowest BCUT2D eigenvalue weighted by Crippen LogP contribution is -2.20. The van der Waals surface area contributed by atoms with Gasteiger partial charge in [-0.3, -0.25) is 15.0 Å². The first-order chi connectivity index (χ1) is 13.0. The van der Waals surface area contributed by atoms with Crippen LogP contribution in [0, 0.1) is 5.82 Å². The number of nitrogens with zero attached hydrogens (tertiary/aromatic N) is 3. The van der Waals surface area contributed by atoms with E-state index in [0.29, 0.717) is 18.5 Å². The Labute approximate surface area is 156 Å². The Kier molecular flexibility index (Phi) is 5.71. The van der Waals surface area contributed by atoms with E-state index in [9.17, 15) is 9.18 Å². The smallest absolute Gasteiger partial charge is 0.316 e. The van der Waals surface area contributed by atoms with Gasteiger partial charge in [-0.2, -0.15) is 0 Å². The molecule has 2 heterocycles. The third-order valence-corrected chi connectivity index (χ3v) is 4.13. The van der Waals surface area contributed by atoms with Crippen molar-refractivity contribution >= 4 is 11.7 Å². The van der Waals surface area contributed by atoms with Crippen LogP contribution in [0.1, 0.15) is 35.5 Å². The van der Waals surface area contributed by atoms with Gasteiger partial charge in [0.25, 0.3) is 0 Å². The number of urea groups is 1. The molecule has 0 spiro atoms. The van der Waals surface area contributed by atoms with Gasteiger partial charge in [-0.1, -0.05) is 19.1 Å². The fraction of sp³-hybridized carbons (Fsp3) is 0.200. The van der Waals surface area contributed by atoms with E-state index in [-0.39, 0.29) is 11.7 Å². The van der Waals surface area contributed by atoms with Crippen molar-refractivity contribution in [1.29, 1.82) is 0 Å². The number of rotatable bonds is 6. The lowest BCUT2D eigenvalue weighted by molar-refractivity contribution is 0.259. The fourth-order valence-electron chi connectivity index (χ4n) is 2.89. The Bertz CT molecular complexity index is 915. The summed E-state index contributed by atoms with van der Waals surface area (Å²) in [6, 6.07) is 9.37. The lowest BCUT2D eigenvalue weighted by Gasteiger charge is -2.14. The molecule has 138 valence electrons. The minimum Gasteiger partial charge on any atom is -0.351 e. The van der Waals surface area contributed by atoms with Crippen molar-refractivity contribution in [3.8, 4) is 0 Å². The van der Waals surface area contributed by atoms with Crippen LogP contribution in [0.25, 0.3) is 0 Å². The molecule has 0 aliphatic rings. The van der Waals surface area contributed by atoms with Gasteiger partial charge in [0.1, 0.15) is 5.82 Å². The quantitative estimate of drug-likeness (QED) is 0.700. The monoisotopic (exact) mass is 365 g/mol. The Morgan fingerprint density at radius 2 is 1.89 bits per heavy atom. The maximum atomic E-state index is 13.1. The predicted molar refractivity (Wildman–Crippen MR) is 101 cm³/mol. The van der Waals surface area contributed by atoms with Gasteiger partial charge >= 0.3 is 6.03 Å². The second-order valence-corrected chi connectivity index (χ2v) is 6.36. The molecule has 27 heavy (non-hydrogen) atoms. The van der Waals surface area contributed by atoms with Crippen LogP contribution in [0.3, 0.4) is 0 Å². The van der Waals surface area contributed by atoms with Crippen molar-refractivity contribution < 1.29 is 9.18 Å². The van der Waals surface area contributed by atoms with Crippen molar-refractivity contribution in [2.24, 2.45) is 5.73 Å². The molecule has 0 saturated carbocycles. The van der Waals surface area contributed by atoms with Crippen LogP contribution in [-0.4, -0.2) is 21.0 Å². The average Bonchev–Trinajstić information content (AvgIpc) is 2.62. The number of primary amides is 1. The van der Waals surface area contributed by atoms with E-state index in [1.165, 1.54) is 12.1 Å². The number of nitrogens with two attached hydrogens (primary N) is 1. The second-order valence-electron chi connectivity index (χ2n) is 6.36. The molecule has 3 rings (SSSR count). The van der Waals surface area contributed by atoms with Crippen LogP contribution < -0.4 is 11.1 Å². The van der Waals surface area contributed by atoms with E-state index in [1.54, 1.807) is 42.9 Å². The standard InChI is InChI=1S/C20H20FN5O/c1-13(14-2-4-15(21)5-3-14)8-16-9-18(26-20(22)27)10-17(25-16)11-19-12-23-6-7-24-19/h2-7,9-10,12-13H,8,11H2,1H3,(H3,22,25,26,27)/t13-/m1/s1. The molecule has 0 fully saturated rings. The van der Waals surface area contributed by atoms with Gasteiger partial charge in [-0.25, -0.2) is 9.18 Å². The molecule has 0 aliphatic heterocycles. The molecule has 0 unspecified atom stereocenters. The molecule has 3 N–H and O–H groups in total. The van der Waals surface area contributed by atoms with E-state index in [0.717, 1.165) is 22.6 Å². The number of amides is 2. The van der Waals surface area contributed by atoms with E-state index < -0.39 is 6.03 Å². The number of benzene rings is 1. The molecule has 2 aromatic heterocycles. The average molecular weight is 365 g/mol. The molecule has 2 amide bonds. The zero-order valence-corrected chi connectivity index (χ0v) is 14.9. The van der Waals surface area contributed by atoms with Gasteiger partial charge in [-0.05, 0) is 42.2 Å². The van der Waals surface area contributed by atoms with E-state index in [2.05, 4.69) is 20.3 Å². The zero-order chi connectivity index (χ0) is 19.2. The summed E-state index contributed by atoms with van der Waals surface area (Å²) in [6.07, 6.45) is 6.03. The van der Waals surface area contributed by atoms with Crippen LogP contribution in [0.2, 0.25) is 0 Å². The van der Waals surface area contributed by atoms with Crippen molar-refractivity contribution in [2.75, 3.05) is 5.32 Å². The first-order valence-electron chi connectivity index (χ1n) is 8.56. The Hall–Kier alpha value is -3.35.